The SMILES string of the molecule is CCCC/C=C\CCCCCCCCCCC/C=C(/COC(=O)C(C)(C)C)C(=O)C#C[Si](C)(C)C. The molecule has 0 aromatic heterocycles. The summed E-state index contributed by atoms with van der Waals surface area (Å²) in [5.74, 6) is 2.30. The minimum Gasteiger partial charge on any atom is -0.460 e. The van der Waals surface area contributed by atoms with Gasteiger partial charge in [0.2, 0.25) is 5.78 Å². The summed E-state index contributed by atoms with van der Waals surface area (Å²) in [5.41, 5.74) is 3.07. The highest BCUT2D eigenvalue weighted by Gasteiger charge is 2.24. The van der Waals surface area contributed by atoms with Crippen molar-refractivity contribution in [3.05, 3.63) is 23.8 Å². The van der Waals surface area contributed by atoms with Crippen LogP contribution in [0.5, 0.6) is 0 Å². The quantitative estimate of drug-likeness (QED) is 0.0469. The number of allylic oxidation sites excluding steroid dienone is 3. The molecule has 0 amide bonds. The summed E-state index contributed by atoms with van der Waals surface area (Å²) in [7, 11) is -1.64. The lowest BCUT2D eigenvalue weighted by Crippen LogP contribution is -2.25. The van der Waals surface area contributed by atoms with Crippen LogP contribution in [0.4, 0.5) is 0 Å². The summed E-state index contributed by atoms with van der Waals surface area (Å²) >= 11 is 0. The highest BCUT2D eigenvalue weighted by atomic mass is 28.3. The van der Waals surface area contributed by atoms with Crippen molar-refractivity contribution < 1.29 is 14.3 Å². The topological polar surface area (TPSA) is 43.4 Å². The van der Waals surface area contributed by atoms with E-state index in [9.17, 15) is 9.59 Å². The van der Waals surface area contributed by atoms with Crippen LogP contribution in [0.1, 0.15) is 118 Å². The molecule has 0 aliphatic carbocycles. The summed E-state index contributed by atoms with van der Waals surface area (Å²) < 4.78 is 5.41. The lowest BCUT2D eigenvalue weighted by molar-refractivity contribution is -0.151. The fourth-order valence-electron chi connectivity index (χ4n) is 3.38. The molecule has 0 N–H and O–H groups in total. The van der Waals surface area contributed by atoms with Crippen molar-refractivity contribution in [2.75, 3.05) is 6.61 Å². The fourth-order valence-corrected chi connectivity index (χ4v) is 3.87. The molecule has 0 bridgehead atoms. The van der Waals surface area contributed by atoms with Gasteiger partial charge in [0.15, 0.2) is 0 Å². The summed E-state index contributed by atoms with van der Waals surface area (Å²) in [4.78, 5) is 24.8. The maximum atomic E-state index is 12.6. The Morgan fingerprint density at radius 2 is 1.26 bits per heavy atom. The first-order valence-corrected chi connectivity index (χ1v) is 17.6. The Kier molecular flexibility index (Phi) is 18.7. The van der Waals surface area contributed by atoms with Crippen molar-refractivity contribution in [2.24, 2.45) is 5.41 Å². The second kappa shape index (κ2) is 19.6. The normalized spacial score (nSPS) is 12.5. The Hall–Kier alpha value is -1.60. The zero-order valence-corrected chi connectivity index (χ0v) is 25.1. The van der Waals surface area contributed by atoms with Gasteiger partial charge in [0.05, 0.1) is 5.41 Å². The number of ketones is 1. The smallest absolute Gasteiger partial charge is 0.311 e. The second-order valence-corrected chi connectivity index (χ2v) is 16.5. The molecular weight excluding hydrogens is 448 g/mol. The number of hydrogen-bond donors (Lipinski definition) is 0. The van der Waals surface area contributed by atoms with Crippen LogP contribution >= 0.6 is 0 Å². The first-order chi connectivity index (χ1) is 16.5. The summed E-state index contributed by atoms with van der Waals surface area (Å²) in [6, 6.07) is 0. The molecule has 0 radical (unpaired) electrons. The van der Waals surface area contributed by atoms with Crippen molar-refractivity contribution in [2.45, 2.75) is 137 Å². The Labute approximate surface area is 218 Å². The van der Waals surface area contributed by atoms with Crippen molar-refractivity contribution >= 4 is 19.8 Å². The van der Waals surface area contributed by atoms with E-state index in [0.717, 1.165) is 12.8 Å². The van der Waals surface area contributed by atoms with Gasteiger partial charge in [-0.05, 0) is 58.8 Å². The van der Waals surface area contributed by atoms with E-state index in [-0.39, 0.29) is 18.4 Å². The van der Waals surface area contributed by atoms with Gasteiger partial charge in [-0.15, -0.1) is 5.54 Å². The predicted octanol–water partition coefficient (Wildman–Crippen LogP) is 8.99. The number of carbonyl (C=O) groups is 2. The van der Waals surface area contributed by atoms with E-state index in [1.165, 1.54) is 77.0 Å². The number of Topliss-reactive ketones (excluding diaryl/α,β-unsaturated/α-hetero) is 1. The predicted molar refractivity (Wildman–Crippen MR) is 154 cm³/mol. The van der Waals surface area contributed by atoms with Crippen molar-refractivity contribution in [1.29, 1.82) is 0 Å². The molecule has 0 aliphatic rings. The molecule has 0 aromatic carbocycles. The van der Waals surface area contributed by atoms with Crippen LogP contribution < -0.4 is 0 Å². The highest BCUT2D eigenvalue weighted by molar-refractivity contribution is 6.84. The molecule has 0 saturated heterocycles. The van der Waals surface area contributed by atoms with Crippen molar-refractivity contribution in [3.63, 3.8) is 0 Å². The Bertz CT molecular complexity index is 708. The third kappa shape index (κ3) is 21.4. The van der Waals surface area contributed by atoms with E-state index < -0.39 is 13.5 Å². The Morgan fingerprint density at radius 1 is 0.771 bits per heavy atom. The third-order valence-corrected chi connectivity index (χ3v) is 6.55. The number of unbranched alkanes of at least 4 members (excludes halogenated alkanes) is 12. The van der Waals surface area contributed by atoms with Gasteiger partial charge >= 0.3 is 5.97 Å². The van der Waals surface area contributed by atoms with Crippen LogP contribution in [0.3, 0.4) is 0 Å². The molecule has 0 heterocycles. The van der Waals surface area contributed by atoms with Gasteiger partial charge in [-0.3, -0.25) is 9.59 Å². The average Bonchev–Trinajstić information content (AvgIpc) is 2.77. The molecular formula is C31H54O3Si. The maximum absolute atomic E-state index is 12.6. The maximum Gasteiger partial charge on any atom is 0.311 e. The molecule has 0 saturated carbocycles. The largest absolute Gasteiger partial charge is 0.460 e. The van der Waals surface area contributed by atoms with Gasteiger partial charge in [0, 0.05) is 5.57 Å². The van der Waals surface area contributed by atoms with Crippen LogP contribution in [0.25, 0.3) is 0 Å². The zero-order valence-electron chi connectivity index (χ0n) is 24.1. The van der Waals surface area contributed by atoms with Crippen LogP contribution in [0.2, 0.25) is 19.6 Å². The van der Waals surface area contributed by atoms with Gasteiger partial charge < -0.3 is 4.74 Å². The van der Waals surface area contributed by atoms with E-state index in [0.29, 0.717) is 5.57 Å². The van der Waals surface area contributed by atoms with Crippen LogP contribution in [0, 0.1) is 16.9 Å². The van der Waals surface area contributed by atoms with E-state index in [2.05, 4.69) is 50.2 Å². The van der Waals surface area contributed by atoms with Gasteiger partial charge in [0.25, 0.3) is 0 Å². The first kappa shape index (κ1) is 33.4. The Balaban J connectivity index is 4.21. The minimum absolute atomic E-state index is 0.0177. The Morgan fingerprint density at radius 3 is 1.74 bits per heavy atom. The lowest BCUT2D eigenvalue weighted by Gasteiger charge is -2.16. The molecule has 0 rings (SSSR count). The average molecular weight is 503 g/mol. The number of carbonyl (C=O) groups excluding carboxylic acids is 2. The standard InChI is InChI=1S/C31H54O3Si/c1-8-9-10-11-12-13-14-15-16-17-18-19-20-21-22-23-24-28(27-34-30(33)31(2,3)4)29(32)25-26-35(5,6)7/h11-12,24H,8-10,13-23,27H2,1-7H3/b12-11-,28-24-. The summed E-state index contributed by atoms with van der Waals surface area (Å²) in [6.07, 6.45) is 24.0. The molecule has 0 aliphatic heterocycles. The van der Waals surface area contributed by atoms with Crippen molar-refractivity contribution in [1.82, 2.24) is 0 Å². The van der Waals surface area contributed by atoms with Crippen LogP contribution in [-0.2, 0) is 14.3 Å². The fraction of sp³-hybridized carbons (Fsp3) is 0.742. The van der Waals surface area contributed by atoms with E-state index in [1.807, 2.05) is 26.8 Å². The first-order valence-electron chi connectivity index (χ1n) is 14.1. The van der Waals surface area contributed by atoms with Gasteiger partial charge in [-0.1, -0.05) is 103 Å². The third-order valence-electron chi connectivity index (χ3n) is 5.67. The summed E-state index contributed by atoms with van der Waals surface area (Å²) in [6.45, 7) is 14.1. The number of rotatable bonds is 18. The van der Waals surface area contributed by atoms with Gasteiger partial charge in [0.1, 0.15) is 14.7 Å². The molecule has 35 heavy (non-hydrogen) atoms. The van der Waals surface area contributed by atoms with Gasteiger partial charge in [-0.2, -0.15) is 0 Å². The lowest BCUT2D eigenvalue weighted by atomic mass is 9.97. The van der Waals surface area contributed by atoms with E-state index >= 15 is 0 Å². The second-order valence-electron chi connectivity index (χ2n) is 11.8. The molecule has 0 spiro atoms. The van der Waals surface area contributed by atoms with E-state index in [1.54, 1.807) is 0 Å². The minimum atomic E-state index is -1.64. The van der Waals surface area contributed by atoms with Crippen molar-refractivity contribution in [3.8, 4) is 11.5 Å². The number of ether oxygens (including phenoxy) is 1. The number of esters is 1. The molecule has 0 fully saturated rings. The molecule has 200 valence electrons. The van der Waals surface area contributed by atoms with Crippen LogP contribution in [0.15, 0.2) is 23.8 Å². The highest BCUT2D eigenvalue weighted by Crippen LogP contribution is 2.17. The zero-order chi connectivity index (χ0) is 26.6. The van der Waals surface area contributed by atoms with Crippen LogP contribution in [-0.4, -0.2) is 26.4 Å². The molecule has 0 unspecified atom stereocenters. The monoisotopic (exact) mass is 502 g/mol. The molecule has 0 atom stereocenters. The van der Waals surface area contributed by atoms with Gasteiger partial charge in [-0.25, -0.2) is 0 Å². The molecule has 0 aromatic rings. The molecule has 4 heteroatoms. The summed E-state index contributed by atoms with van der Waals surface area (Å²) in [5, 5.41) is 0. The number of hydrogen-bond acceptors (Lipinski definition) is 3. The van der Waals surface area contributed by atoms with E-state index in [4.69, 9.17) is 4.74 Å². The molecule has 3 nitrogen and oxygen atoms in total.